The van der Waals surface area contributed by atoms with Crippen molar-refractivity contribution in [1.29, 1.82) is 0 Å². The molecule has 0 bridgehead atoms. The van der Waals surface area contributed by atoms with E-state index < -0.39 is 0 Å². The molecule has 1 aliphatic heterocycles. The number of carbonyl (C=O) groups is 1. The van der Waals surface area contributed by atoms with Gasteiger partial charge in [0.1, 0.15) is 11.5 Å². The van der Waals surface area contributed by atoms with Gasteiger partial charge in [-0.25, -0.2) is 4.68 Å². The first-order chi connectivity index (χ1) is 9.61. The molecule has 3 rings (SSSR count). The Balaban J connectivity index is 2.14. The number of nitrogen functional groups attached to an aromatic ring is 1. The Morgan fingerprint density at radius 2 is 2.10 bits per heavy atom. The molecule has 6 heteroatoms. The van der Waals surface area contributed by atoms with Crippen LogP contribution in [0.25, 0.3) is 11.3 Å². The Kier molecular flexibility index (Phi) is 2.85. The van der Waals surface area contributed by atoms with Crippen LogP contribution in [0, 0.1) is 0 Å². The van der Waals surface area contributed by atoms with E-state index >= 15 is 0 Å². The lowest BCUT2D eigenvalue weighted by Gasteiger charge is -2.06. The average molecular weight is 273 g/mol. The number of carbonyl (C=O) groups excluding carboxylic acids is 1. The molecule has 6 nitrogen and oxygen atoms in total. The topological polar surface area (TPSA) is 79.4 Å². The minimum absolute atomic E-state index is 0.0801. The fourth-order valence-corrected chi connectivity index (χ4v) is 2.23. The number of fused-ring (bicyclic) bond motifs is 1. The van der Waals surface area contributed by atoms with Gasteiger partial charge in [-0.2, -0.15) is 5.10 Å². The van der Waals surface area contributed by atoms with Crippen LogP contribution in [0.1, 0.15) is 30.2 Å². The number of nitrogens with zero attached hydrogens (tertiary/aromatic N) is 2. The van der Waals surface area contributed by atoms with Crippen molar-refractivity contribution in [3.05, 3.63) is 23.8 Å². The van der Waals surface area contributed by atoms with E-state index in [0.717, 1.165) is 11.8 Å². The Morgan fingerprint density at radius 3 is 2.80 bits per heavy atom. The van der Waals surface area contributed by atoms with Gasteiger partial charge in [0.2, 0.25) is 6.79 Å². The van der Waals surface area contributed by atoms with Crippen LogP contribution in [0.15, 0.2) is 18.2 Å². The summed E-state index contributed by atoms with van der Waals surface area (Å²) in [6.07, 6.45) is 0.737. The normalized spacial score (nSPS) is 12.9. The van der Waals surface area contributed by atoms with Crippen molar-refractivity contribution in [3.63, 3.8) is 0 Å². The number of benzene rings is 1. The summed E-state index contributed by atoms with van der Waals surface area (Å²) in [6, 6.07) is 5.53. The predicted octanol–water partition coefficient (Wildman–Crippen LogP) is 2.25. The second kappa shape index (κ2) is 4.56. The Labute approximate surface area is 116 Å². The lowest BCUT2D eigenvalue weighted by molar-refractivity contribution is 0.112. The van der Waals surface area contributed by atoms with Crippen molar-refractivity contribution < 1.29 is 14.3 Å². The van der Waals surface area contributed by atoms with Gasteiger partial charge >= 0.3 is 0 Å². The molecule has 2 N–H and O–H groups in total. The number of nitrogens with two attached hydrogens (primary N) is 1. The van der Waals surface area contributed by atoms with Gasteiger partial charge in [-0.05, 0) is 32.0 Å². The SMILES string of the molecule is CC(C)n1nc(-c2ccc3c(c2)OCO3)c(C=O)c1N. The third-order valence-electron chi connectivity index (χ3n) is 3.24. The minimum atomic E-state index is 0.0801. The molecule has 2 heterocycles. The summed E-state index contributed by atoms with van der Waals surface area (Å²) in [7, 11) is 0. The van der Waals surface area contributed by atoms with Crippen LogP contribution in [0.3, 0.4) is 0 Å². The lowest BCUT2D eigenvalue weighted by Crippen LogP contribution is -2.07. The van der Waals surface area contributed by atoms with Gasteiger partial charge in [0.15, 0.2) is 17.8 Å². The van der Waals surface area contributed by atoms with Crippen molar-refractivity contribution in [1.82, 2.24) is 9.78 Å². The highest BCUT2D eigenvalue weighted by Crippen LogP contribution is 2.37. The molecule has 0 radical (unpaired) electrons. The van der Waals surface area contributed by atoms with Gasteiger partial charge in [-0.1, -0.05) is 0 Å². The fourth-order valence-electron chi connectivity index (χ4n) is 2.23. The van der Waals surface area contributed by atoms with Crippen molar-refractivity contribution in [3.8, 4) is 22.8 Å². The van der Waals surface area contributed by atoms with Gasteiger partial charge in [-0.3, -0.25) is 4.79 Å². The van der Waals surface area contributed by atoms with Gasteiger partial charge in [0, 0.05) is 11.6 Å². The van der Waals surface area contributed by atoms with Gasteiger partial charge in [0.05, 0.1) is 5.56 Å². The molecule has 1 aromatic carbocycles. The van der Waals surface area contributed by atoms with Crippen LogP contribution >= 0.6 is 0 Å². The molecule has 0 aliphatic carbocycles. The number of anilines is 1. The monoisotopic (exact) mass is 273 g/mol. The Hall–Kier alpha value is -2.50. The highest BCUT2D eigenvalue weighted by molar-refractivity contribution is 5.92. The fraction of sp³-hybridized carbons (Fsp3) is 0.286. The second-order valence-corrected chi connectivity index (χ2v) is 4.87. The van der Waals surface area contributed by atoms with Gasteiger partial charge < -0.3 is 15.2 Å². The van der Waals surface area contributed by atoms with Gasteiger partial charge in [0.25, 0.3) is 0 Å². The summed E-state index contributed by atoms with van der Waals surface area (Å²) in [5, 5.41) is 4.44. The third-order valence-corrected chi connectivity index (χ3v) is 3.24. The molecule has 104 valence electrons. The first kappa shape index (κ1) is 12.5. The summed E-state index contributed by atoms with van der Waals surface area (Å²) in [5.41, 5.74) is 7.72. The van der Waals surface area contributed by atoms with Crippen molar-refractivity contribution in [2.24, 2.45) is 0 Å². The highest BCUT2D eigenvalue weighted by atomic mass is 16.7. The molecular weight excluding hydrogens is 258 g/mol. The second-order valence-electron chi connectivity index (χ2n) is 4.87. The summed E-state index contributed by atoms with van der Waals surface area (Å²) < 4.78 is 12.3. The molecule has 20 heavy (non-hydrogen) atoms. The molecular formula is C14H15N3O3. The predicted molar refractivity (Wildman–Crippen MR) is 74.0 cm³/mol. The van der Waals surface area contributed by atoms with Crippen molar-refractivity contribution in [2.45, 2.75) is 19.9 Å². The number of hydrogen-bond donors (Lipinski definition) is 1. The maximum absolute atomic E-state index is 11.3. The van der Waals surface area contributed by atoms with E-state index in [1.807, 2.05) is 26.0 Å². The van der Waals surface area contributed by atoms with E-state index in [2.05, 4.69) is 5.10 Å². The van der Waals surface area contributed by atoms with E-state index in [0.29, 0.717) is 28.6 Å². The van der Waals surface area contributed by atoms with Crippen molar-refractivity contribution >= 4 is 12.1 Å². The third kappa shape index (κ3) is 1.80. The molecule has 0 unspecified atom stereocenters. The van der Waals surface area contributed by atoms with E-state index in [1.54, 1.807) is 10.7 Å². The maximum Gasteiger partial charge on any atom is 0.231 e. The van der Waals surface area contributed by atoms with Crippen LogP contribution in [-0.4, -0.2) is 22.9 Å². The largest absolute Gasteiger partial charge is 0.454 e. The Morgan fingerprint density at radius 1 is 1.35 bits per heavy atom. The zero-order valence-electron chi connectivity index (χ0n) is 11.3. The smallest absolute Gasteiger partial charge is 0.231 e. The van der Waals surface area contributed by atoms with Gasteiger partial charge in [-0.15, -0.1) is 0 Å². The molecule has 1 aromatic heterocycles. The molecule has 0 spiro atoms. The molecule has 0 fully saturated rings. The van der Waals surface area contributed by atoms with E-state index in [-0.39, 0.29) is 12.8 Å². The molecule has 0 amide bonds. The quantitative estimate of drug-likeness (QED) is 0.868. The first-order valence-electron chi connectivity index (χ1n) is 6.35. The molecule has 2 aromatic rings. The number of rotatable bonds is 3. The zero-order chi connectivity index (χ0) is 14.3. The van der Waals surface area contributed by atoms with Crippen LogP contribution < -0.4 is 15.2 Å². The number of hydrogen-bond acceptors (Lipinski definition) is 5. The van der Waals surface area contributed by atoms with E-state index in [1.165, 1.54) is 0 Å². The number of ether oxygens (including phenoxy) is 2. The molecule has 0 atom stereocenters. The summed E-state index contributed by atoms with van der Waals surface area (Å²) in [6.45, 7) is 4.13. The summed E-state index contributed by atoms with van der Waals surface area (Å²) in [5.74, 6) is 1.72. The zero-order valence-corrected chi connectivity index (χ0v) is 11.3. The minimum Gasteiger partial charge on any atom is -0.454 e. The lowest BCUT2D eigenvalue weighted by atomic mass is 10.1. The van der Waals surface area contributed by atoms with E-state index in [9.17, 15) is 4.79 Å². The molecule has 0 saturated heterocycles. The van der Waals surface area contributed by atoms with Crippen LogP contribution in [0.5, 0.6) is 11.5 Å². The van der Waals surface area contributed by atoms with Crippen LogP contribution in [-0.2, 0) is 0 Å². The highest BCUT2D eigenvalue weighted by Gasteiger charge is 2.20. The number of aromatic nitrogens is 2. The summed E-state index contributed by atoms with van der Waals surface area (Å²) >= 11 is 0. The average Bonchev–Trinajstić information content (AvgIpc) is 3.01. The van der Waals surface area contributed by atoms with Crippen LogP contribution in [0.4, 0.5) is 5.82 Å². The Bertz CT molecular complexity index is 677. The maximum atomic E-state index is 11.3. The van der Waals surface area contributed by atoms with Crippen LogP contribution in [0.2, 0.25) is 0 Å². The summed E-state index contributed by atoms with van der Waals surface area (Å²) in [4.78, 5) is 11.3. The molecule has 0 saturated carbocycles. The van der Waals surface area contributed by atoms with E-state index in [4.69, 9.17) is 15.2 Å². The number of aldehydes is 1. The standard InChI is InChI=1S/C14H15N3O3/c1-8(2)17-14(15)10(6-18)13(16-17)9-3-4-11-12(5-9)20-7-19-11/h3-6,8H,7,15H2,1-2H3. The first-order valence-corrected chi connectivity index (χ1v) is 6.35. The molecule has 1 aliphatic rings. The van der Waals surface area contributed by atoms with Crippen molar-refractivity contribution in [2.75, 3.05) is 12.5 Å².